The van der Waals surface area contributed by atoms with Crippen LogP contribution in [-0.4, -0.2) is 41.6 Å². The van der Waals surface area contributed by atoms with Crippen molar-refractivity contribution in [2.45, 2.75) is 25.3 Å². The third-order valence-corrected chi connectivity index (χ3v) is 3.35. The zero-order chi connectivity index (χ0) is 13.8. The van der Waals surface area contributed by atoms with Crippen LogP contribution in [0, 0.1) is 0 Å². The fraction of sp³-hybridized carbons (Fsp3) is 0.429. The van der Waals surface area contributed by atoms with Crippen LogP contribution in [0.1, 0.15) is 18.4 Å². The first-order valence-electron chi connectivity index (χ1n) is 6.27. The van der Waals surface area contributed by atoms with Crippen molar-refractivity contribution in [2.24, 2.45) is 0 Å². The molecule has 2 rings (SSSR count). The van der Waals surface area contributed by atoms with Gasteiger partial charge in [0.05, 0.1) is 13.5 Å². The summed E-state index contributed by atoms with van der Waals surface area (Å²) < 4.78 is 5.10. The molecule has 1 aliphatic heterocycles. The van der Waals surface area contributed by atoms with Gasteiger partial charge in [-0.3, -0.25) is 4.79 Å². The van der Waals surface area contributed by atoms with Gasteiger partial charge in [0.15, 0.2) is 0 Å². The van der Waals surface area contributed by atoms with Gasteiger partial charge in [0.25, 0.3) is 0 Å². The van der Waals surface area contributed by atoms with E-state index in [0.29, 0.717) is 18.7 Å². The Morgan fingerprint density at radius 2 is 2.26 bits per heavy atom. The van der Waals surface area contributed by atoms with Crippen LogP contribution in [0.3, 0.4) is 0 Å². The van der Waals surface area contributed by atoms with Crippen LogP contribution in [0.4, 0.5) is 0 Å². The number of hydrogen-bond donors (Lipinski definition) is 1. The number of methoxy groups -OCH3 is 1. The van der Waals surface area contributed by atoms with Crippen LogP contribution in [0.15, 0.2) is 24.3 Å². The van der Waals surface area contributed by atoms with Crippen LogP contribution in [0.2, 0.25) is 0 Å². The minimum Gasteiger partial charge on any atom is -0.497 e. The maximum Gasteiger partial charge on any atom is 0.326 e. The lowest BCUT2D eigenvalue weighted by Gasteiger charge is -2.21. The molecular weight excluding hydrogens is 246 g/mol. The summed E-state index contributed by atoms with van der Waals surface area (Å²) in [6, 6.07) is 6.60. The molecule has 0 spiro atoms. The third-order valence-electron chi connectivity index (χ3n) is 3.35. The summed E-state index contributed by atoms with van der Waals surface area (Å²) in [5.41, 5.74) is 0.834. The van der Waals surface area contributed by atoms with Crippen molar-refractivity contribution in [1.82, 2.24) is 4.90 Å². The van der Waals surface area contributed by atoms with E-state index in [1.54, 1.807) is 13.2 Å². The highest BCUT2D eigenvalue weighted by Crippen LogP contribution is 2.20. The van der Waals surface area contributed by atoms with Crippen molar-refractivity contribution in [1.29, 1.82) is 0 Å². The van der Waals surface area contributed by atoms with E-state index in [0.717, 1.165) is 12.0 Å². The highest BCUT2D eigenvalue weighted by atomic mass is 16.5. The number of carboxylic acids is 1. The normalized spacial score (nSPS) is 18.4. The second-order valence-electron chi connectivity index (χ2n) is 4.61. The molecule has 1 unspecified atom stereocenters. The summed E-state index contributed by atoms with van der Waals surface area (Å²) in [5, 5.41) is 9.07. The molecule has 0 radical (unpaired) electrons. The fourth-order valence-electron chi connectivity index (χ4n) is 2.38. The van der Waals surface area contributed by atoms with Gasteiger partial charge in [-0.15, -0.1) is 0 Å². The van der Waals surface area contributed by atoms with Crippen molar-refractivity contribution < 1.29 is 19.4 Å². The quantitative estimate of drug-likeness (QED) is 0.889. The van der Waals surface area contributed by atoms with Gasteiger partial charge in [-0.2, -0.15) is 0 Å². The molecule has 5 heteroatoms. The lowest BCUT2D eigenvalue weighted by atomic mass is 10.1. The Hall–Kier alpha value is -2.04. The van der Waals surface area contributed by atoms with E-state index < -0.39 is 12.0 Å². The van der Waals surface area contributed by atoms with Crippen LogP contribution in [0.5, 0.6) is 5.75 Å². The van der Waals surface area contributed by atoms with Crippen LogP contribution >= 0.6 is 0 Å². The molecule has 1 aromatic rings. The first-order chi connectivity index (χ1) is 9.11. The van der Waals surface area contributed by atoms with Crippen molar-refractivity contribution in [3.63, 3.8) is 0 Å². The van der Waals surface area contributed by atoms with Crippen LogP contribution < -0.4 is 4.74 Å². The summed E-state index contributed by atoms with van der Waals surface area (Å²) in [6.45, 7) is 0.528. The van der Waals surface area contributed by atoms with Gasteiger partial charge in [0, 0.05) is 6.54 Å². The van der Waals surface area contributed by atoms with Gasteiger partial charge in [0.1, 0.15) is 11.8 Å². The third kappa shape index (κ3) is 3.05. The molecular formula is C14H17NO4. The van der Waals surface area contributed by atoms with Crippen LogP contribution in [-0.2, 0) is 16.0 Å². The van der Waals surface area contributed by atoms with Crippen molar-refractivity contribution in [3.8, 4) is 5.75 Å². The molecule has 1 saturated heterocycles. The highest BCUT2D eigenvalue weighted by molar-refractivity contribution is 5.85. The molecule has 1 aromatic carbocycles. The van der Waals surface area contributed by atoms with Gasteiger partial charge in [-0.1, -0.05) is 12.1 Å². The predicted octanol–water partition coefficient (Wildman–Crippen LogP) is 1.31. The first-order valence-corrected chi connectivity index (χ1v) is 6.27. The molecule has 0 aromatic heterocycles. The second kappa shape index (κ2) is 5.73. The number of ether oxygens (including phenoxy) is 1. The lowest BCUT2D eigenvalue weighted by molar-refractivity contribution is -0.148. The average molecular weight is 263 g/mol. The molecule has 1 N–H and O–H groups in total. The Bertz CT molecular complexity index is 486. The monoisotopic (exact) mass is 263 g/mol. The van der Waals surface area contributed by atoms with Crippen molar-refractivity contribution in [2.75, 3.05) is 13.7 Å². The Morgan fingerprint density at radius 3 is 2.95 bits per heavy atom. The number of carbonyl (C=O) groups is 2. The van der Waals surface area contributed by atoms with E-state index >= 15 is 0 Å². The number of aliphatic carboxylic acids is 1. The number of likely N-dealkylation sites (tertiary alicyclic amines) is 1. The Morgan fingerprint density at radius 1 is 1.47 bits per heavy atom. The number of hydrogen-bond acceptors (Lipinski definition) is 3. The molecule has 102 valence electrons. The van der Waals surface area contributed by atoms with Crippen molar-refractivity contribution >= 4 is 11.9 Å². The smallest absolute Gasteiger partial charge is 0.326 e. The largest absolute Gasteiger partial charge is 0.497 e. The molecule has 0 bridgehead atoms. The summed E-state index contributed by atoms with van der Waals surface area (Å²) in [5.74, 6) is -0.365. The van der Waals surface area contributed by atoms with E-state index in [2.05, 4.69) is 0 Å². The van der Waals surface area contributed by atoms with Gasteiger partial charge in [-0.05, 0) is 30.5 Å². The summed E-state index contributed by atoms with van der Waals surface area (Å²) in [4.78, 5) is 24.7. The van der Waals surface area contributed by atoms with E-state index in [1.165, 1.54) is 4.90 Å². The second-order valence-corrected chi connectivity index (χ2v) is 4.61. The Labute approximate surface area is 111 Å². The van der Waals surface area contributed by atoms with E-state index in [-0.39, 0.29) is 12.3 Å². The number of carboxylic acid groups (broad SMARTS) is 1. The molecule has 1 heterocycles. The molecule has 5 nitrogen and oxygen atoms in total. The number of benzene rings is 1. The van der Waals surface area contributed by atoms with Gasteiger partial charge in [0.2, 0.25) is 5.91 Å². The average Bonchev–Trinajstić information content (AvgIpc) is 2.88. The molecule has 1 aliphatic rings. The highest BCUT2D eigenvalue weighted by Gasteiger charge is 2.33. The Kier molecular flexibility index (Phi) is 4.04. The summed E-state index contributed by atoms with van der Waals surface area (Å²) >= 11 is 0. The number of rotatable bonds is 4. The minimum atomic E-state index is -0.920. The molecule has 0 aliphatic carbocycles. The van der Waals surface area contributed by atoms with E-state index in [4.69, 9.17) is 9.84 Å². The zero-order valence-electron chi connectivity index (χ0n) is 10.8. The molecule has 1 fully saturated rings. The van der Waals surface area contributed by atoms with E-state index in [1.807, 2.05) is 18.2 Å². The van der Waals surface area contributed by atoms with Gasteiger partial charge >= 0.3 is 5.97 Å². The minimum absolute atomic E-state index is 0.141. The molecule has 0 saturated carbocycles. The standard InChI is InChI=1S/C14H17NO4/c1-19-11-5-2-4-10(8-11)9-13(16)15-7-3-6-12(15)14(17)18/h2,4-5,8,12H,3,6-7,9H2,1H3,(H,17,18). The maximum absolute atomic E-state index is 12.2. The number of amides is 1. The van der Waals surface area contributed by atoms with Gasteiger partial charge < -0.3 is 14.7 Å². The fourth-order valence-corrected chi connectivity index (χ4v) is 2.38. The van der Waals surface area contributed by atoms with Crippen molar-refractivity contribution in [3.05, 3.63) is 29.8 Å². The molecule has 1 atom stereocenters. The molecule has 1 amide bonds. The van der Waals surface area contributed by atoms with Gasteiger partial charge in [-0.25, -0.2) is 4.79 Å². The molecule has 19 heavy (non-hydrogen) atoms. The van der Waals surface area contributed by atoms with E-state index in [9.17, 15) is 9.59 Å². The maximum atomic E-state index is 12.2. The Balaban J connectivity index is 2.06. The predicted molar refractivity (Wildman–Crippen MR) is 69.1 cm³/mol. The SMILES string of the molecule is COc1cccc(CC(=O)N2CCCC2C(=O)O)c1. The zero-order valence-corrected chi connectivity index (χ0v) is 10.8. The number of nitrogens with zero attached hydrogens (tertiary/aromatic N) is 1. The topological polar surface area (TPSA) is 66.8 Å². The van der Waals surface area contributed by atoms with Crippen LogP contribution in [0.25, 0.3) is 0 Å². The first kappa shape index (κ1) is 13.4. The lowest BCUT2D eigenvalue weighted by Crippen LogP contribution is -2.41. The summed E-state index contributed by atoms with van der Waals surface area (Å²) in [6.07, 6.45) is 1.50. The number of carbonyl (C=O) groups excluding carboxylic acids is 1. The summed E-state index contributed by atoms with van der Waals surface area (Å²) in [7, 11) is 1.57.